The highest BCUT2D eigenvalue weighted by Crippen LogP contribution is 2.02. The van der Waals surface area contributed by atoms with Gasteiger partial charge in [0.15, 0.2) is 0 Å². The molecule has 1 heterocycles. The summed E-state index contributed by atoms with van der Waals surface area (Å²) >= 11 is 0. The fraction of sp³-hybridized carbons (Fsp3) is 0.583. The van der Waals surface area contributed by atoms with Crippen molar-refractivity contribution in [2.45, 2.75) is 26.3 Å². The summed E-state index contributed by atoms with van der Waals surface area (Å²) in [7, 11) is 0. The molecule has 15 heavy (non-hydrogen) atoms. The van der Waals surface area contributed by atoms with Gasteiger partial charge in [-0.15, -0.1) is 0 Å². The third kappa shape index (κ3) is 4.91. The number of hydrogen-bond donors (Lipinski definition) is 1. The summed E-state index contributed by atoms with van der Waals surface area (Å²) in [6.07, 6.45) is 4.66. The maximum Gasteiger partial charge on any atom is 0.0622 e. The summed E-state index contributed by atoms with van der Waals surface area (Å²) in [5.74, 6) is 0. The minimum absolute atomic E-state index is 0.400. The van der Waals surface area contributed by atoms with Crippen molar-refractivity contribution in [1.82, 2.24) is 10.3 Å². The van der Waals surface area contributed by atoms with Crippen LogP contribution in [0, 0.1) is 0 Å². The second kappa shape index (κ2) is 7.37. The van der Waals surface area contributed by atoms with Crippen LogP contribution in [0.5, 0.6) is 0 Å². The number of ether oxygens (including phenoxy) is 1. The third-order valence-corrected chi connectivity index (χ3v) is 2.25. The van der Waals surface area contributed by atoms with Crippen LogP contribution in [0.4, 0.5) is 0 Å². The van der Waals surface area contributed by atoms with E-state index in [4.69, 9.17) is 4.74 Å². The van der Waals surface area contributed by atoms with Gasteiger partial charge in [-0.2, -0.15) is 0 Å². The quantitative estimate of drug-likeness (QED) is 0.739. The molecule has 3 nitrogen and oxygen atoms in total. The zero-order valence-corrected chi connectivity index (χ0v) is 9.57. The number of aromatic nitrogens is 1. The topological polar surface area (TPSA) is 34.1 Å². The maximum atomic E-state index is 5.44. The van der Waals surface area contributed by atoms with Gasteiger partial charge < -0.3 is 10.1 Å². The van der Waals surface area contributed by atoms with Gasteiger partial charge in [0.2, 0.25) is 0 Å². The molecule has 0 aliphatic heterocycles. The van der Waals surface area contributed by atoms with Gasteiger partial charge >= 0.3 is 0 Å². The van der Waals surface area contributed by atoms with E-state index in [9.17, 15) is 0 Å². The van der Waals surface area contributed by atoms with Gasteiger partial charge in [-0.25, -0.2) is 0 Å². The summed E-state index contributed by atoms with van der Waals surface area (Å²) in [6, 6.07) is 4.50. The first-order chi connectivity index (χ1) is 7.36. The van der Waals surface area contributed by atoms with Crippen LogP contribution in [0.2, 0.25) is 0 Å². The third-order valence-electron chi connectivity index (χ3n) is 2.25. The van der Waals surface area contributed by atoms with Gasteiger partial charge in [-0.1, -0.05) is 6.92 Å². The molecular weight excluding hydrogens is 188 g/mol. The zero-order valence-electron chi connectivity index (χ0n) is 9.57. The molecule has 0 bridgehead atoms. The molecule has 1 aromatic rings. The van der Waals surface area contributed by atoms with Gasteiger partial charge in [0, 0.05) is 25.0 Å². The van der Waals surface area contributed by atoms with Crippen molar-refractivity contribution in [2.24, 2.45) is 0 Å². The van der Waals surface area contributed by atoms with Crippen LogP contribution in [0.3, 0.4) is 0 Å². The highest BCUT2D eigenvalue weighted by Gasteiger charge is 2.07. The molecule has 84 valence electrons. The fourth-order valence-corrected chi connectivity index (χ4v) is 1.54. The van der Waals surface area contributed by atoms with E-state index >= 15 is 0 Å². The highest BCUT2D eigenvalue weighted by molar-refractivity contribution is 5.11. The lowest BCUT2D eigenvalue weighted by Crippen LogP contribution is -2.35. The zero-order chi connectivity index (χ0) is 10.9. The van der Waals surface area contributed by atoms with Crippen molar-refractivity contribution in [3.05, 3.63) is 30.1 Å². The lowest BCUT2D eigenvalue weighted by molar-refractivity contribution is 0.123. The van der Waals surface area contributed by atoms with Gasteiger partial charge in [-0.3, -0.25) is 4.98 Å². The average Bonchev–Trinajstić information content (AvgIpc) is 2.28. The fourth-order valence-electron chi connectivity index (χ4n) is 1.54. The van der Waals surface area contributed by atoms with Crippen LogP contribution in [-0.4, -0.2) is 30.8 Å². The Morgan fingerprint density at radius 3 is 2.67 bits per heavy atom. The van der Waals surface area contributed by atoms with Crippen molar-refractivity contribution >= 4 is 0 Å². The first-order valence-corrected chi connectivity index (χ1v) is 5.56. The largest absolute Gasteiger partial charge is 0.380 e. The summed E-state index contributed by atoms with van der Waals surface area (Å²) in [4.78, 5) is 4.01. The van der Waals surface area contributed by atoms with E-state index in [0.29, 0.717) is 6.04 Å². The van der Waals surface area contributed by atoms with E-state index in [2.05, 4.69) is 29.4 Å². The molecule has 0 radical (unpaired) electrons. The predicted octanol–water partition coefficient (Wildman–Crippen LogP) is 1.64. The van der Waals surface area contributed by atoms with Gasteiger partial charge in [0.25, 0.3) is 0 Å². The molecular formula is C12H20N2O. The van der Waals surface area contributed by atoms with E-state index in [-0.39, 0.29) is 0 Å². The Balaban J connectivity index is 2.43. The number of hydrogen-bond acceptors (Lipinski definition) is 3. The van der Waals surface area contributed by atoms with Gasteiger partial charge in [0.1, 0.15) is 0 Å². The van der Waals surface area contributed by atoms with Gasteiger partial charge in [0.05, 0.1) is 6.61 Å². The van der Waals surface area contributed by atoms with Crippen molar-refractivity contribution in [3.8, 4) is 0 Å². The second-order valence-electron chi connectivity index (χ2n) is 3.47. The summed E-state index contributed by atoms with van der Waals surface area (Å²) < 4.78 is 5.44. The predicted molar refractivity (Wildman–Crippen MR) is 61.9 cm³/mol. The Hall–Kier alpha value is -0.930. The standard InChI is InChI=1S/C12H20N2O/c1-3-14-12(10-15-4-2)9-11-5-7-13-8-6-11/h5-8,12,14H,3-4,9-10H2,1-2H3. The molecule has 0 aromatic carbocycles. The van der Waals surface area contributed by atoms with Crippen molar-refractivity contribution < 1.29 is 4.74 Å². The summed E-state index contributed by atoms with van der Waals surface area (Å²) in [5.41, 5.74) is 1.30. The smallest absolute Gasteiger partial charge is 0.0622 e. The number of nitrogens with one attached hydrogen (secondary N) is 1. The lowest BCUT2D eigenvalue weighted by atomic mass is 10.1. The van der Waals surface area contributed by atoms with Crippen molar-refractivity contribution in [2.75, 3.05) is 19.8 Å². The lowest BCUT2D eigenvalue weighted by Gasteiger charge is -2.17. The molecule has 1 atom stereocenters. The van der Waals surface area contributed by atoms with E-state index in [1.54, 1.807) is 0 Å². The van der Waals surface area contributed by atoms with Crippen LogP contribution >= 0.6 is 0 Å². The number of rotatable bonds is 7. The van der Waals surface area contributed by atoms with E-state index < -0.39 is 0 Å². The molecule has 3 heteroatoms. The maximum absolute atomic E-state index is 5.44. The Morgan fingerprint density at radius 2 is 2.07 bits per heavy atom. The normalized spacial score (nSPS) is 12.7. The molecule has 0 fully saturated rings. The molecule has 0 aliphatic rings. The van der Waals surface area contributed by atoms with Gasteiger partial charge in [-0.05, 0) is 37.6 Å². The molecule has 1 aromatic heterocycles. The van der Waals surface area contributed by atoms with Crippen LogP contribution in [0.15, 0.2) is 24.5 Å². The Kier molecular flexibility index (Phi) is 5.97. The molecule has 1 N–H and O–H groups in total. The summed E-state index contributed by atoms with van der Waals surface area (Å²) in [5, 5.41) is 3.42. The second-order valence-corrected chi connectivity index (χ2v) is 3.47. The van der Waals surface area contributed by atoms with E-state index in [1.165, 1.54) is 5.56 Å². The van der Waals surface area contributed by atoms with Crippen molar-refractivity contribution in [1.29, 1.82) is 0 Å². The molecule has 1 unspecified atom stereocenters. The number of likely N-dealkylation sites (N-methyl/N-ethyl adjacent to an activating group) is 1. The number of pyridine rings is 1. The molecule has 1 rings (SSSR count). The minimum Gasteiger partial charge on any atom is -0.380 e. The first-order valence-electron chi connectivity index (χ1n) is 5.56. The van der Waals surface area contributed by atoms with E-state index in [0.717, 1.165) is 26.2 Å². The van der Waals surface area contributed by atoms with Crippen LogP contribution in [-0.2, 0) is 11.2 Å². The summed E-state index contributed by atoms with van der Waals surface area (Å²) in [6.45, 7) is 6.66. The molecule has 0 saturated heterocycles. The van der Waals surface area contributed by atoms with Crippen molar-refractivity contribution in [3.63, 3.8) is 0 Å². The average molecular weight is 208 g/mol. The monoisotopic (exact) mass is 208 g/mol. The Morgan fingerprint density at radius 1 is 1.33 bits per heavy atom. The minimum atomic E-state index is 0.400. The Labute approximate surface area is 91.9 Å². The van der Waals surface area contributed by atoms with Crippen LogP contribution < -0.4 is 5.32 Å². The molecule has 0 aliphatic carbocycles. The van der Waals surface area contributed by atoms with Crippen LogP contribution in [0.25, 0.3) is 0 Å². The first kappa shape index (κ1) is 12.1. The SMILES string of the molecule is CCNC(COCC)Cc1ccncc1. The Bertz CT molecular complexity index is 251. The van der Waals surface area contributed by atoms with Crippen LogP contribution in [0.1, 0.15) is 19.4 Å². The number of nitrogens with zero attached hydrogens (tertiary/aromatic N) is 1. The highest BCUT2D eigenvalue weighted by atomic mass is 16.5. The molecule has 0 spiro atoms. The van der Waals surface area contributed by atoms with E-state index in [1.807, 2.05) is 19.3 Å². The molecule has 0 amide bonds. The molecule has 0 saturated carbocycles.